The molecule has 118 valence electrons. The molecule has 0 saturated carbocycles. The molecule has 3 nitrogen and oxygen atoms in total. The lowest BCUT2D eigenvalue weighted by molar-refractivity contribution is 0.509. The van der Waals surface area contributed by atoms with Crippen LogP contribution in [0, 0.1) is 19.8 Å². The maximum atomic E-state index is 4.71. The van der Waals surface area contributed by atoms with E-state index in [4.69, 9.17) is 9.97 Å². The van der Waals surface area contributed by atoms with Crippen LogP contribution in [0.3, 0.4) is 0 Å². The first-order valence-corrected chi connectivity index (χ1v) is 9.04. The van der Waals surface area contributed by atoms with E-state index < -0.39 is 0 Å². The molecule has 1 atom stereocenters. The highest BCUT2D eigenvalue weighted by Crippen LogP contribution is 2.40. The number of thiophene rings is 1. The lowest BCUT2D eigenvalue weighted by Crippen LogP contribution is -2.09. The number of nitrogens with one attached hydrogen (secondary N) is 1. The molecule has 4 heteroatoms. The van der Waals surface area contributed by atoms with Crippen LogP contribution in [0.1, 0.15) is 35.2 Å². The third-order valence-corrected chi connectivity index (χ3v) is 5.70. The number of hydrogen-bond acceptors (Lipinski definition) is 4. The Morgan fingerprint density at radius 2 is 2.09 bits per heavy atom. The number of rotatable bonds is 2. The zero-order valence-electron chi connectivity index (χ0n) is 13.8. The Bertz CT molecular complexity index is 882. The number of aromatic nitrogens is 2. The molecule has 1 aliphatic rings. The Kier molecular flexibility index (Phi) is 3.57. The predicted molar refractivity (Wildman–Crippen MR) is 97.8 cm³/mol. The Hall–Kier alpha value is -1.94. The largest absolute Gasteiger partial charge is 0.340 e. The van der Waals surface area contributed by atoms with Crippen molar-refractivity contribution in [2.24, 2.45) is 5.92 Å². The number of fused-ring (bicyclic) bond motifs is 3. The molecule has 0 aliphatic heterocycles. The van der Waals surface area contributed by atoms with Gasteiger partial charge in [0.25, 0.3) is 0 Å². The number of nitrogens with zero attached hydrogens (tertiary/aromatic N) is 2. The van der Waals surface area contributed by atoms with Crippen LogP contribution in [0.4, 0.5) is 11.5 Å². The number of benzene rings is 1. The molecule has 1 aromatic carbocycles. The molecule has 0 spiro atoms. The lowest BCUT2D eigenvalue weighted by atomic mass is 9.89. The van der Waals surface area contributed by atoms with Crippen molar-refractivity contribution in [3.63, 3.8) is 0 Å². The van der Waals surface area contributed by atoms with Crippen LogP contribution in [-0.4, -0.2) is 9.97 Å². The second-order valence-electron chi connectivity index (χ2n) is 6.65. The van der Waals surface area contributed by atoms with Crippen molar-refractivity contribution >= 4 is 33.1 Å². The summed E-state index contributed by atoms with van der Waals surface area (Å²) in [7, 11) is 0. The summed E-state index contributed by atoms with van der Waals surface area (Å²) in [5, 5.41) is 4.77. The highest BCUT2D eigenvalue weighted by Gasteiger charge is 2.23. The van der Waals surface area contributed by atoms with Crippen LogP contribution in [0.15, 0.2) is 24.3 Å². The Morgan fingerprint density at radius 3 is 2.91 bits per heavy atom. The van der Waals surface area contributed by atoms with Crippen LogP contribution >= 0.6 is 11.3 Å². The van der Waals surface area contributed by atoms with Gasteiger partial charge in [0.1, 0.15) is 16.5 Å². The summed E-state index contributed by atoms with van der Waals surface area (Å²) >= 11 is 1.85. The zero-order valence-corrected chi connectivity index (χ0v) is 14.6. The molecule has 0 saturated heterocycles. The third kappa shape index (κ3) is 2.72. The zero-order chi connectivity index (χ0) is 16.0. The van der Waals surface area contributed by atoms with Crippen LogP contribution in [-0.2, 0) is 12.8 Å². The second-order valence-corrected chi connectivity index (χ2v) is 7.73. The van der Waals surface area contributed by atoms with Gasteiger partial charge in [0.15, 0.2) is 0 Å². The minimum atomic E-state index is 0.776. The van der Waals surface area contributed by atoms with Gasteiger partial charge in [-0.3, -0.25) is 0 Å². The Balaban J connectivity index is 1.85. The maximum Gasteiger partial charge on any atom is 0.143 e. The summed E-state index contributed by atoms with van der Waals surface area (Å²) in [4.78, 5) is 12.0. The monoisotopic (exact) mass is 323 g/mol. The molecule has 2 heterocycles. The van der Waals surface area contributed by atoms with Gasteiger partial charge in [0, 0.05) is 10.6 Å². The number of hydrogen-bond donors (Lipinski definition) is 1. The number of aryl methyl sites for hydroxylation is 3. The normalized spacial score (nSPS) is 17.3. The Morgan fingerprint density at radius 1 is 1.22 bits per heavy atom. The summed E-state index contributed by atoms with van der Waals surface area (Å²) in [6, 6.07) is 8.44. The summed E-state index contributed by atoms with van der Waals surface area (Å²) in [5.41, 5.74) is 3.81. The van der Waals surface area contributed by atoms with Crippen molar-refractivity contribution in [1.82, 2.24) is 9.97 Å². The molecule has 0 fully saturated rings. The van der Waals surface area contributed by atoms with Gasteiger partial charge in [-0.2, -0.15) is 0 Å². The first kappa shape index (κ1) is 14.6. The predicted octanol–water partition coefficient (Wildman–Crippen LogP) is 5.18. The van der Waals surface area contributed by atoms with E-state index in [-0.39, 0.29) is 0 Å². The average Bonchev–Trinajstić information content (AvgIpc) is 2.84. The molecular formula is C19H21N3S. The van der Waals surface area contributed by atoms with E-state index in [1.54, 1.807) is 0 Å². The van der Waals surface area contributed by atoms with Gasteiger partial charge < -0.3 is 5.32 Å². The lowest BCUT2D eigenvalue weighted by Gasteiger charge is -2.18. The van der Waals surface area contributed by atoms with Crippen LogP contribution in [0.25, 0.3) is 10.2 Å². The van der Waals surface area contributed by atoms with E-state index in [1.807, 2.05) is 18.3 Å². The molecule has 0 unspecified atom stereocenters. The summed E-state index contributed by atoms with van der Waals surface area (Å²) in [5.74, 6) is 2.57. The van der Waals surface area contributed by atoms with Crippen LogP contribution < -0.4 is 5.32 Å². The van der Waals surface area contributed by atoms with E-state index >= 15 is 0 Å². The minimum Gasteiger partial charge on any atom is -0.340 e. The maximum absolute atomic E-state index is 4.71. The standard InChI is InChI=1S/C19H21N3S/c1-11-5-4-6-14(9-11)22-18-17-15-8-7-12(2)10-16(15)23-19(17)21-13(3)20-18/h4-6,9,12H,7-8,10H2,1-3H3,(H,20,21,22)/t12-/m0/s1. The summed E-state index contributed by atoms with van der Waals surface area (Å²) in [6.45, 7) is 6.43. The van der Waals surface area contributed by atoms with Gasteiger partial charge in [-0.15, -0.1) is 11.3 Å². The van der Waals surface area contributed by atoms with E-state index in [1.165, 1.54) is 34.2 Å². The van der Waals surface area contributed by atoms with Crippen LogP contribution in [0.2, 0.25) is 0 Å². The van der Waals surface area contributed by atoms with Crippen molar-refractivity contribution < 1.29 is 0 Å². The molecule has 0 radical (unpaired) electrons. The van der Waals surface area contributed by atoms with Crippen molar-refractivity contribution in [3.05, 3.63) is 46.1 Å². The molecule has 3 aromatic rings. The van der Waals surface area contributed by atoms with Gasteiger partial charge in [-0.1, -0.05) is 19.1 Å². The molecule has 4 rings (SSSR count). The topological polar surface area (TPSA) is 37.8 Å². The van der Waals surface area contributed by atoms with Crippen molar-refractivity contribution in [3.8, 4) is 0 Å². The number of anilines is 2. The summed E-state index contributed by atoms with van der Waals surface area (Å²) < 4.78 is 0. The molecule has 0 bridgehead atoms. The molecule has 0 amide bonds. The van der Waals surface area contributed by atoms with Crippen molar-refractivity contribution in [2.45, 2.75) is 40.0 Å². The quantitative estimate of drug-likeness (QED) is 0.706. The average molecular weight is 323 g/mol. The second kappa shape index (κ2) is 5.60. The molecule has 1 aliphatic carbocycles. The van der Waals surface area contributed by atoms with Gasteiger partial charge >= 0.3 is 0 Å². The SMILES string of the molecule is Cc1cccc(Nc2nc(C)nc3sc4c(c23)CC[C@H](C)C4)c1. The van der Waals surface area contributed by atoms with Gasteiger partial charge in [0.05, 0.1) is 5.39 Å². The highest BCUT2D eigenvalue weighted by molar-refractivity contribution is 7.19. The third-order valence-electron chi connectivity index (χ3n) is 4.55. The van der Waals surface area contributed by atoms with Gasteiger partial charge in [-0.25, -0.2) is 9.97 Å². The van der Waals surface area contributed by atoms with E-state index in [9.17, 15) is 0 Å². The highest BCUT2D eigenvalue weighted by atomic mass is 32.1. The first-order chi connectivity index (χ1) is 11.1. The van der Waals surface area contributed by atoms with Crippen molar-refractivity contribution in [1.29, 1.82) is 0 Å². The van der Waals surface area contributed by atoms with Crippen LogP contribution in [0.5, 0.6) is 0 Å². The fourth-order valence-corrected chi connectivity index (χ4v) is 4.83. The first-order valence-electron chi connectivity index (χ1n) is 8.22. The Labute approximate surface area is 140 Å². The molecule has 23 heavy (non-hydrogen) atoms. The molecule has 2 aromatic heterocycles. The van der Waals surface area contributed by atoms with Gasteiger partial charge in [0.2, 0.25) is 0 Å². The molecule has 1 N–H and O–H groups in total. The smallest absolute Gasteiger partial charge is 0.143 e. The van der Waals surface area contributed by atoms with E-state index in [0.29, 0.717) is 0 Å². The van der Waals surface area contributed by atoms with E-state index in [2.05, 4.69) is 43.4 Å². The van der Waals surface area contributed by atoms with E-state index in [0.717, 1.165) is 34.5 Å². The fraction of sp³-hybridized carbons (Fsp3) is 0.368. The van der Waals surface area contributed by atoms with Gasteiger partial charge in [-0.05, 0) is 62.3 Å². The van der Waals surface area contributed by atoms with Crippen molar-refractivity contribution in [2.75, 3.05) is 5.32 Å². The minimum absolute atomic E-state index is 0.776. The summed E-state index contributed by atoms with van der Waals surface area (Å²) in [6.07, 6.45) is 3.58. The fourth-order valence-electron chi connectivity index (χ4n) is 3.40. The molecular weight excluding hydrogens is 302 g/mol.